The summed E-state index contributed by atoms with van der Waals surface area (Å²) in [7, 11) is 1.34. The van der Waals surface area contributed by atoms with Crippen molar-refractivity contribution >= 4 is 11.9 Å². The number of amides is 1. The molecule has 2 unspecified atom stereocenters. The van der Waals surface area contributed by atoms with Crippen molar-refractivity contribution in [2.24, 2.45) is 11.7 Å². The lowest BCUT2D eigenvalue weighted by Crippen LogP contribution is -2.47. The average Bonchev–Trinajstić information content (AvgIpc) is 2.38. The van der Waals surface area contributed by atoms with Crippen LogP contribution < -0.4 is 5.73 Å². The average molecular weight is 256 g/mol. The van der Waals surface area contributed by atoms with E-state index in [1.165, 1.54) is 7.11 Å². The van der Waals surface area contributed by atoms with Gasteiger partial charge in [0.25, 0.3) is 0 Å². The van der Waals surface area contributed by atoms with Crippen LogP contribution in [0, 0.1) is 5.92 Å². The maximum Gasteiger partial charge on any atom is 0.325 e. The second-order valence-corrected chi connectivity index (χ2v) is 4.89. The molecule has 0 bridgehead atoms. The third-order valence-corrected chi connectivity index (χ3v) is 3.49. The molecular weight excluding hydrogens is 232 g/mol. The smallest absolute Gasteiger partial charge is 0.325 e. The molecule has 5 nitrogen and oxygen atoms in total. The molecule has 0 aromatic heterocycles. The molecule has 0 aliphatic heterocycles. The fourth-order valence-corrected chi connectivity index (χ4v) is 2.46. The molecule has 104 valence electrons. The van der Waals surface area contributed by atoms with E-state index in [0.717, 1.165) is 32.1 Å². The van der Waals surface area contributed by atoms with E-state index < -0.39 is 0 Å². The Hall–Kier alpha value is -1.10. The summed E-state index contributed by atoms with van der Waals surface area (Å²) in [5.41, 5.74) is 6.01. The number of hydrogen-bond donors (Lipinski definition) is 1. The zero-order valence-corrected chi connectivity index (χ0v) is 11.4. The third-order valence-electron chi connectivity index (χ3n) is 3.49. The number of hydrogen-bond acceptors (Lipinski definition) is 4. The molecule has 1 fully saturated rings. The fourth-order valence-electron chi connectivity index (χ4n) is 2.46. The first-order valence-corrected chi connectivity index (χ1v) is 6.71. The van der Waals surface area contributed by atoms with Gasteiger partial charge in [0.15, 0.2) is 0 Å². The van der Waals surface area contributed by atoms with Crippen molar-refractivity contribution in [1.82, 2.24) is 4.90 Å². The second-order valence-electron chi connectivity index (χ2n) is 4.89. The summed E-state index contributed by atoms with van der Waals surface area (Å²) >= 11 is 0. The lowest BCUT2D eigenvalue weighted by Gasteiger charge is -2.32. The van der Waals surface area contributed by atoms with Gasteiger partial charge in [0.1, 0.15) is 6.54 Å². The van der Waals surface area contributed by atoms with Crippen LogP contribution in [0.4, 0.5) is 0 Å². The summed E-state index contributed by atoms with van der Waals surface area (Å²) in [6, 6.07) is -0.0664. The van der Waals surface area contributed by atoms with Crippen LogP contribution in [0.1, 0.15) is 39.0 Å². The van der Waals surface area contributed by atoms with Crippen LogP contribution in [0.3, 0.4) is 0 Å². The standard InChI is InChI=1S/C13H24N2O3/c1-3-8-15(9-12(16)18-2)13(17)10-6-4-5-7-11(10)14/h10-11H,3-9,14H2,1-2H3. The quantitative estimate of drug-likeness (QED) is 0.742. The van der Waals surface area contributed by atoms with Crippen molar-refractivity contribution in [3.8, 4) is 0 Å². The summed E-state index contributed by atoms with van der Waals surface area (Å²) in [6.45, 7) is 2.60. The number of rotatable bonds is 5. The minimum atomic E-state index is -0.374. The van der Waals surface area contributed by atoms with Gasteiger partial charge >= 0.3 is 5.97 Å². The van der Waals surface area contributed by atoms with E-state index in [0.29, 0.717) is 6.54 Å². The van der Waals surface area contributed by atoms with Gasteiger partial charge in [-0.2, -0.15) is 0 Å². The lowest BCUT2D eigenvalue weighted by molar-refractivity contribution is -0.149. The molecule has 1 rings (SSSR count). The van der Waals surface area contributed by atoms with Crippen LogP contribution in [-0.2, 0) is 14.3 Å². The van der Waals surface area contributed by atoms with Crippen LogP contribution in [-0.4, -0.2) is 43.0 Å². The van der Waals surface area contributed by atoms with E-state index in [9.17, 15) is 9.59 Å². The highest BCUT2D eigenvalue weighted by Gasteiger charge is 2.32. The Labute approximate surface area is 109 Å². The monoisotopic (exact) mass is 256 g/mol. The van der Waals surface area contributed by atoms with Crippen molar-refractivity contribution in [2.45, 2.75) is 45.1 Å². The molecular formula is C13H24N2O3. The maximum atomic E-state index is 12.4. The minimum Gasteiger partial charge on any atom is -0.468 e. The van der Waals surface area contributed by atoms with Gasteiger partial charge in [-0.15, -0.1) is 0 Å². The first kappa shape index (κ1) is 15.0. The zero-order valence-electron chi connectivity index (χ0n) is 11.4. The first-order chi connectivity index (χ1) is 8.60. The predicted octanol–water partition coefficient (Wildman–Crippen LogP) is 0.915. The summed E-state index contributed by atoms with van der Waals surface area (Å²) in [4.78, 5) is 25.3. The van der Waals surface area contributed by atoms with Gasteiger partial charge in [-0.1, -0.05) is 19.8 Å². The minimum absolute atomic E-state index is 0.00875. The van der Waals surface area contributed by atoms with Crippen molar-refractivity contribution in [2.75, 3.05) is 20.2 Å². The SMILES string of the molecule is CCCN(CC(=O)OC)C(=O)C1CCCCC1N. The Bertz CT molecular complexity index is 294. The maximum absolute atomic E-state index is 12.4. The summed E-state index contributed by atoms with van der Waals surface area (Å²) in [5, 5.41) is 0. The second kappa shape index (κ2) is 7.36. The highest BCUT2D eigenvalue weighted by molar-refractivity contribution is 5.84. The van der Waals surface area contributed by atoms with Gasteiger partial charge in [-0.25, -0.2) is 0 Å². The van der Waals surface area contributed by atoms with Crippen molar-refractivity contribution < 1.29 is 14.3 Å². The normalized spacial score (nSPS) is 23.5. The third kappa shape index (κ3) is 3.98. The van der Waals surface area contributed by atoms with Gasteiger partial charge < -0.3 is 15.4 Å². The molecule has 2 N–H and O–H groups in total. The van der Waals surface area contributed by atoms with E-state index in [1.54, 1.807) is 4.90 Å². The number of carbonyl (C=O) groups excluding carboxylic acids is 2. The van der Waals surface area contributed by atoms with E-state index >= 15 is 0 Å². The topological polar surface area (TPSA) is 72.6 Å². The molecule has 1 saturated carbocycles. The zero-order chi connectivity index (χ0) is 13.5. The first-order valence-electron chi connectivity index (χ1n) is 6.71. The molecule has 1 aliphatic rings. The van der Waals surface area contributed by atoms with Gasteiger partial charge in [-0.3, -0.25) is 9.59 Å². The fraction of sp³-hybridized carbons (Fsp3) is 0.846. The van der Waals surface area contributed by atoms with Crippen molar-refractivity contribution in [3.63, 3.8) is 0 Å². The van der Waals surface area contributed by atoms with E-state index in [4.69, 9.17) is 5.73 Å². The number of carbonyl (C=O) groups is 2. The highest BCUT2D eigenvalue weighted by Crippen LogP contribution is 2.24. The molecule has 2 atom stereocenters. The molecule has 5 heteroatoms. The van der Waals surface area contributed by atoms with E-state index in [2.05, 4.69) is 4.74 Å². The Balaban J connectivity index is 2.65. The summed E-state index contributed by atoms with van der Waals surface area (Å²) in [6.07, 6.45) is 4.69. The van der Waals surface area contributed by atoms with Gasteiger partial charge in [0.2, 0.25) is 5.91 Å². The molecule has 0 aromatic rings. The van der Waals surface area contributed by atoms with Crippen LogP contribution in [0.2, 0.25) is 0 Å². The number of nitrogens with two attached hydrogens (primary N) is 1. The molecule has 1 aliphatic carbocycles. The largest absolute Gasteiger partial charge is 0.468 e. The Morgan fingerprint density at radius 1 is 1.33 bits per heavy atom. The number of nitrogens with zero attached hydrogens (tertiary/aromatic N) is 1. The van der Waals surface area contributed by atoms with Crippen molar-refractivity contribution in [3.05, 3.63) is 0 Å². The Kier molecular flexibility index (Phi) is 6.12. The Morgan fingerprint density at radius 3 is 2.56 bits per heavy atom. The summed E-state index contributed by atoms with van der Waals surface area (Å²) < 4.78 is 4.63. The molecule has 0 radical (unpaired) electrons. The van der Waals surface area contributed by atoms with Gasteiger partial charge in [-0.05, 0) is 19.3 Å². The molecule has 0 saturated heterocycles. The van der Waals surface area contributed by atoms with Crippen LogP contribution in [0.25, 0.3) is 0 Å². The molecule has 1 amide bonds. The van der Waals surface area contributed by atoms with E-state index in [1.807, 2.05) is 6.92 Å². The number of esters is 1. The lowest BCUT2D eigenvalue weighted by atomic mass is 9.84. The summed E-state index contributed by atoms with van der Waals surface area (Å²) in [5.74, 6) is -0.495. The molecule has 18 heavy (non-hydrogen) atoms. The predicted molar refractivity (Wildman–Crippen MR) is 68.8 cm³/mol. The van der Waals surface area contributed by atoms with Crippen LogP contribution >= 0.6 is 0 Å². The van der Waals surface area contributed by atoms with Gasteiger partial charge in [0, 0.05) is 12.6 Å². The van der Waals surface area contributed by atoms with Crippen molar-refractivity contribution in [1.29, 1.82) is 0 Å². The van der Waals surface area contributed by atoms with Crippen LogP contribution in [0.5, 0.6) is 0 Å². The molecule has 0 heterocycles. The number of methoxy groups -OCH3 is 1. The van der Waals surface area contributed by atoms with Crippen LogP contribution in [0.15, 0.2) is 0 Å². The van der Waals surface area contributed by atoms with E-state index in [-0.39, 0.29) is 30.4 Å². The highest BCUT2D eigenvalue weighted by atomic mass is 16.5. The number of ether oxygens (including phenoxy) is 1. The Morgan fingerprint density at radius 2 is 2.00 bits per heavy atom. The van der Waals surface area contributed by atoms with Gasteiger partial charge in [0.05, 0.1) is 13.0 Å². The molecule has 0 spiro atoms. The molecule has 0 aromatic carbocycles.